The molecule has 88 valence electrons. The Hall–Kier alpha value is -0.823. The van der Waals surface area contributed by atoms with Crippen LogP contribution in [0, 0.1) is 0 Å². The summed E-state index contributed by atoms with van der Waals surface area (Å²) < 4.78 is 15.7. The number of rotatable bonds is 8. The predicted octanol–water partition coefficient (Wildman–Crippen LogP) is 0.440. The van der Waals surface area contributed by atoms with Crippen molar-refractivity contribution in [2.45, 2.75) is 6.04 Å². The molecule has 0 fully saturated rings. The third-order valence-electron chi connectivity index (χ3n) is 1.91. The van der Waals surface area contributed by atoms with Crippen molar-refractivity contribution in [2.75, 3.05) is 27.9 Å². The summed E-state index contributed by atoms with van der Waals surface area (Å²) >= 11 is 0. The van der Waals surface area contributed by atoms with E-state index in [2.05, 4.69) is 5.32 Å². The fourth-order valence-electron chi connectivity index (χ4n) is 0.991. The van der Waals surface area contributed by atoms with Crippen molar-refractivity contribution in [3.05, 3.63) is 24.6 Å². The highest BCUT2D eigenvalue weighted by Crippen LogP contribution is 2.12. The van der Waals surface area contributed by atoms with E-state index in [-0.39, 0.29) is 0 Å². The molecule has 0 amide bonds. The van der Waals surface area contributed by atoms with Crippen LogP contribution in [0.5, 0.6) is 0 Å². The van der Waals surface area contributed by atoms with Crippen molar-refractivity contribution in [3.63, 3.8) is 0 Å². The van der Waals surface area contributed by atoms with Crippen LogP contribution in [0.4, 0.5) is 0 Å². The first-order valence-electron chi connectivity index (χ1n) is 4.65. The van der Waals surface area contributed by atoms with Crippen molar-refractivity contribution in [3.8, 4) is 0 Å². The van der Waals surface area contributed by atoms with E-state index in [1.54, 1.807) is 21.3 Å². The molecule has 0 saturated heterocycles. The van der Waals surface area contributed by atoms with E-state index in [1.807, 2.05) is 18.4 Å². The van der Waals surface area contributed by atoms with Crippen molar-refractivity contribution in [1.82, 2.24) is 5.32 Å². The predicted molar refractivity (Wildman–Crippen MR) is 62.1 cm³/mol. The molecule has 0 aliphatic rings. The van der Waals surface area contributed by atoms with Gasteiger partial charge < -0.3 is 24.3 Å². The molecule has 0 unspecified atom stereocenters. The third kappa shape index (κ3) is 5.58. The van der Waals surface area contributed by atoms with Gasteiger partial charge in [-0.15, -0.1) is 0 Å². The van der Waals surface area contributed by atoms with Crippen LogP contribution in [0.2, 0.25) is 6.04 Å². The Balaban J connectivity index is 3.88. The molecule has 0 radical (unpaired) electrons. The second kappa shape index (κ2) is 8.48. The Kier molecular flexibility index (Phi) is 8.02. The van der Waals surface area contributed by atoms with Crippen LogP contribution in [-0.2, 0) is 13.3 Å². The fraction of sp³-hybridized carbons (Fsp3) is 0.556. The van der Waals surface area contributed by atoms with E-state index in [4.69, 9.17) is 19.0 Å². The average molecular weight is 232 g/mol. The van der Waals surface area contributed by atoms with Gasteiger partial charge in [-0.05, 0) is 18.5 Å². The maximum absolute atomic E-state index is 5.25. The molecule has 0 aliphatic carbocycles. The summed E-state index contributed by atoms with van der Waals surface area (Å²) in [5.41, 5.74) is 5.18. The summed E-state index contributed by atoms with van der Waals surface area (Å²) in [6.07, 6.45) is 7.07. The van der Waals surface area contributed by atoms with Gasteiger partial charge in [0, 0.05) is 33.9 Å². The molecule has 0 spiro atoms. The van der Waals surface area contributed by atoms with Gasteiger partial charge in [-0.3, -0.25) is 0 Å². The van der Waals surface area contributed by atoms with Crippen LogP contribution < -0.4 is 11.1 Å². The van der Waals surface area contributed by atoms with E-state index in [9.17, 15) is 0 Å². The van der Waals surface area contributed by atoms with Crippen molar-refractivity contribution >= 4 is 8.80 Å². The van der Waals surface area contributed by atoms with Gasteiger partial charge in [0.15, 0.2) is 0 Å². The molecule has 6 heteroatoms. The SMILES string of the molecule is CO[Si](CC=CNCC=CN)(OC)OC. The number of hydrogen-bond acceptors (Lipinski definition) is 5. The lowest BCUT2D eigenvalue weighted by molar-refractivity contribution is 0.127. The molecule has 0 heterocycles. The monoisotopic (exact) mass is 232 g/mol. The molecule has 0 aliphatic heterocycles. The second-order valence-corrected chi connectivity index (χ2v) is 5.74. The van der Waals surface area contributed by atoms with E-state index < -0.39 is 8.80 Å². The molecule has 0 aromatic carbocycles. The lowest BCUT2D eigenvalue weighted by Gasteiger charge is -2.22. The van der Waals surface area contributed by atoms with Crippen LogP contribution >= 0.6 is 0 Å². The maximum Gasteiger partial charge on any atom is 0.504 e. The van der Waals surface area contributed by atoms with Crippen molar-refractivity contribution < 1.29 is 13.3 Å². The summed E-state index contributed by atoms with van der Waals surface area (Å²) in [7, 11) is 2.33. The fourth-order valence-corrected chi connectivity index (χ4v) is 2.40. The van der Waals surface area contributed by atoms with Gasteiger partial charge in [0.05, 0.1) is 0 Å². The first kappa shape index (κ1) is 14.2. The van der Waals surface area contributed by atoms with Gasteiger partial charge in [-0.1, -0.05) is 6.08 Å². The topological polar surface area (TPSA) is 65.7 Å². The van der Waals surface area contributed by atoms with Gasteiger partial charge in [0.25, 0.3) is 0 Å². The molecule has 0 aromatic rings. The van der Waals surface area contributed by atoms with Gasteiger partial charge in [-0.2, -0.15) is 0 Å². The van der Waals surface area contributed by atoms with Crippen LogP contribution in [0.25, 0.3) is 0 Å². The van der Waals surface area contributed by atoms with Gasteiger partial charge in [-0.25, -0.2) is 0 Å². The Labute approximate surface area is 92.3 Å². The molecule has 5 nitrogen and oxygen atoms in total. The molecule has 0 rings (SSSR count). The highest BCUT2D eigenvalue weighted by molar-refractivity contribution is 6.61. The minimum absolute atomic E-state index is 0.635. The molecular formula is C9H20N2O3Si. The minimum Gasteiger partial charge on any atom is -0.405 e. The molecule has 0 aromatic heterocycles. The standard InChI is InChI=1S/C9H20N2O3Si/c1-12-15(13-2,14-3)9-5-8-11-7-4-6-10/h4-6,8,11H,7,9-10H2,1-3H3. The zero-order valence-electron chi connectivity index (χ0n) is 9.53. The highest BCUT2D eigenvalue weighted by atomic mass is 28.4. The van der Waals surface area contributed by atoms with Crippen LogP contribution in [-0.4, -0.2) is 36.7 Å². The Morgan fingerprint density at radius 1 is 1.13 bits per heavy atom. The third-order valence-corrected chi connectivity index (χ3v) is 4.51. The number of nitrogens with two attached hydrogens (primary N) is 1. The zero-order valence-corrected chi connectivity index (χ0v) is 10.5. The van der Waals surface area contributed by atoms with Crippen molar-refractivity contribution in [1.29, 1.82) is 0 Å². The van der Waals surface area contributed by atoms with E-state index in [0.29, 0.717) is 12.6 Å². The quantitative estimate of drug-likeness (QED) is 0.469. The summed E-state index contributed by atoms with van der Waals surface area (Å²) in [4.78, 5) is 0. The van der Waals surface area contributed by atoms with Gasteiger partial charge in [0.2, 0.25) is 0 Å². The van der Waals surface area contributed by atoms with Gasteiger partial charge in [0.1, 0.15) is 0 Å². The Morgan fingerprint density at radius 2 is 1.73 bits per heavy atom. The normalized spacial score (nSPS) is 12.7. The van der Waals surface area contributed by atoms with E-state index in [1.165, 1.54) is 6.20 Å². The zero-order chi connectivity index (χ0) is 11.6. The summed E-state index contributed by atoms with van der Waals surface area (Å²) in [6, 6.07) is 0.635. The molecule has 0 bridgehead atoms. The van der Waals surface area contributed by atoms with E-state index in [0.717, 1.165) is 0 Å². The first-order chi connectivity index (χ1) is 7.24. The van der Waals surface area contributed by atoms with Crippen molar-refractivity contribution in [2.24, 2.45) is 5.73 Å². The number of allylic oxidation sites excluding steroid dienone is 1. The smallest absolute Gasteiger partial charge is 0.405 e. The Morgan fingerprint density at radius 3 is 2.20 bits per heavy atom. The molecule has 3 N–H and O–H groups in total. The molecule has 15 heavy (non-hydrogen) atoms. The molecular weight excluding hydrogens is 212 g/mol. The highest BCUT2D eigenvalue weighted by Gasteiger charge is 2.35. The summed E-state index contributed by atoms with van der Waals surface area (Å²) in [5, 5.41) is 3.04. The van der Waals surface area contributed by atoms with Crippen LogP contribution in [0.3, 0.4) is 0 Å². The second-order valence-electron chi connectivity index (χ2n) is 2.74. The Bertz CT molecular complexity index is 197. The molecule has 0 saturated carbocycles. The summed E-state index contributed by atoms with van der Waals surface area (Å²) in [5.74, 6) is 0. The van der Waals surface area contributed by atoms with Crippen LogP contribution in [0.1, 0.15) is 0 Å². The van der Waals surface area contributed by atoms with E-state index >= 15 is 0 Å². The largest absolute Gasteiger partial charge is 0.504 e. The summed E-state index contributed by atoms with van der Waals surface area (Å²) in [6.45, 7) is 0.703. The lowest BCUT2D eigenvalue weighted by Crippen LogP contribution is -2.42. The van der Waals surface area contributed by atoms with Crippen LogP contribution in [0.15, 0.2) is 24.6 Å². The number of hydrogen-bond donors (Lipinski definition) is 2. The van der Waals surface area contributed by atoms with Gasteiger partial charge >= 0.3 is 8.80 Å². The maximum atomic E-state index is 5.25. The average Bonchev–Trinajstić information content (AvgIpc) is 2.29. The molecule has 0 atom stereocenters. The lowest BCUT2D eigenvalue weighted by atomic mass is 10.6. The minimum atomic E-state index is -2.46. The number of nitrogens with one attached hydrogen (secondary N) is 1. The first-order valence-corrected chi connectivity index (χ1v) is 6.58.